The summed E-state index contributed by atoms with van der Waals surface area (Å²) in [4.78, 5) is 0. The van der Waals surface area contributed by atoms with E-state index in [1.807, 2.05) is 6.07 Å². The van der Waals surface area contributed by atoms with Gasteiger partial charge >= 0.3 is 0 Å². The number of benzene rings is 1. The van der Waals surface area contributed by atoms with Gasteiger partial charge in [0.1, 0.15) is 5.82 Å². The lowest BCUT2D eigenvalue weighted by Crippen LogP contribution is -2.45. The van der Waals surface area contributed by atoms with Crippen LogP contribution in [0.2, 0.25) is 0 Å². The van der Waals surface area contributed by atoms with Gasteiger partial charge in [0.2, 0.25) is 0 Å². The van der Waals surface area contributed by atoms with Gasteiger partial charge in [-0.25, -0.2) is 4.39 Å². The first-order valence-electron chi connectivity index (χ1n) is 6.29. The summed E-state index contributed by atoms with van der Waals surface area (Å²) in [5.41, 5.74) is 7.07. The maximum Gasteiger partial charge on any atom is 0.124 e. The summed E-state index contributed by atoms with van der Waals surface area (Å²) in [6, 6.07) is 4.94. The summed E-state index contributed by atoms with van der Waals surface area (Å²) in [5.74, 6) is -0.225. The summed E-state index contributed by atoms with van der Waals surface area (Å²) in [5, 5.41) is 0. The number of hydrogen-bond acceptors (Lipinski definition) is 2. The molecule has 0 saturated heterocycles. The highest BCUT2D eigenvalue weighted by Gasteiger charge is 2.38. The molecule has 2 rings (SSSR count). The first-order chi connectivity index (χ1) is 8.53. The third-order valence-electron chi connectivity index (χ3n) is 3.75. The number of hydrogen-bond donors (Lipinski definition) is 1. The van der Waals surface area contributed by atoms with Crippen molar-refractivity contribution < 1.29 is 9.13 Å². The summed E-state index contributed by atoms with van der Waals surface area (Å²) >= 11 is 3.30. The van der Waals surface area contributed by atoms with Crippen LogP contribution in [0.3, 0.4) is 0 Å². The monoisotopic (exact) mass is 315 g/mol. The smallest absolute Gasteiger partial charge is 0.124 e. The lowest BCUT2D eigenvalue weighted by atomic mass is 9.75. The molecule has 0 aromatic heterocycles. The average Bonchev–Trinajstić information content (AvgIpc) is 2.21. The van der Waals surface area contributed by atoms with Crippen LogP contribution < -0.4 is 5.73 Å². The maximum absolute atomic E-state index is 13.3. The minimum absolute atomic E-state index is 0.0129. The summed E-state index contributed by atoms with van der Waals surface area (Å²) in [7, 11) is 1.75. The van der Waals surface area contributed by atoms with E-state index in [9.17, 15) is 4.39 Å². The molecule has 1 unspecified atom stereocenters. The first kappa shape index (κ1) is 14.0. The van der Waals surface area contributed by atoms with Crippen LogP contribution in [0.15, 0.2) is 22.7 Å². The lowest BCUT2D eigenvalue weighted by Gasteiger charge is -2.42. The predicted octanol–water partition coefficient (Wildman–Crippen LogP) is 3.42. The van der Waals surface area contributed by atoms with Crippen LogP contribution in [0.5, 0.6) is 0 Å². The normalized spacial score (nSPS) is 19.3. The van der Waals surface area contributed by atoms with Crippen molar-refractivity contribution in [3.05, 3.63) is 34.1 Å². The zero-order valence-electron chi connectivity index (χ0n) is 10.6. The van der Waals surface area contributed by atoms with E-state index in [1.165, 1.54) is 12.5 Å². The molecule has 4 heteroatoms. The van der Waals surface area contributed by atoms with Gasteiger partial charge in [-0.3, -0.25) is 0 Å². The van der Waals surface area contributed by atoms with Crippen molar-refractivity contribution in [1.82, 2.24) is 0 Å². The maximum atomic E-state index is 13.3. The Morgan fingerprint density at radius 2 is 2.17 bits per heavy atom. The Morgan fingerprint density at radius 1 is 1.44 bits per heavy atom. The Hall–Kier alpha value is -0.450. The van der Waals surface area contributed by atoms with Crippen molar-refractivity contribution in [2.24, 2.45) is 5.73 Å². The van der Waals surface area contributed by atoms with Gasteiger partial charge in [0.25, 0.3) is 0 Å². The molecule has 2 N–H and O–H groups in total. The molecule has 1 saturated carbocycles. The van der Waals surface area contributed by atoms with Crippen LogP contribution >= 0.6 is 15.9 Å². The number of rotatable bonds is 5. The van der Waals surface area contributed by atoms with Crippen LogP contribution in [0.25, 0.3) is 0 Å². The third-order valence-corrected chi connectivity index (χ3v) is 4.21. The molecule has 2 nitrogen and oxygen atoms in total. The second kappa shape index (κ2) is 5.68. The highest BCUT2D eigenvalue weighted by atomic mass is 79.9. The van der Waals surface area contributed by atoms with E-state index in [1.54, 1.807) is 13.2 Å². The van der Waals surface area contributed by atoms with Crippen LogP contribution in [0.4, 0.5) is 4.39 Å². The molecule has 0 aliphatic heterocycles. The summed E-state index contributed by atoms with van der Waals surface area (Å²) < 4.78 is 19.6. The van der Waals surface area contributed by atoms with E-state index in [-0.39, 0.29) is 17.5 Å². The lowest BCUT2D eigenvalue weighted by molar-refractivity contribution is -0.0813. The van der Waals surface area contributed by atoms with Gasteiger partial charge in [-0.1, -0.05) is 15.9 Å². The fraction of sp³-hybridized carbons (Fsp3) is 0.571. The van der Waals surface area contributed by atoms with Crippen molar-refractivity contribution in [3.63, 3.8) is 0 Å². The molecule has 0 spiro atoms. The van der Waals surface area contributed by atoms with Crippen LogP contribution in [0, 0.1) is 5.82 Å². The molecule has 18 heavy (non-hydrogen) atoms. The average molecular weight is 316 g/mol. The highest BCUT2D eigenvalue weighted by Crippen LogP contribution is 2.39. The largest absolute Gasteiger partial charge is 0.378 e. The molecule has 100 valence electrons. The van der Waals surface area contributed by atoms with Gasteiger partial charge in [-0.2, -0.15) is 0 Å². The van der Waals surface area contributed by atoms with E-state index in [4.69, 9.17) is 10.5 Å². The Balaban J connectivity index is 1.96. The predicted molar refractivity (Wildman–Crippen MR) is 74.0 cm³/mol. The Kier molecular flexibility index (Phi) is 4.41. The molecular formula is C14H19BrFNO. The second-order valence-corrected chi connectivity index (χ2v) is 6.10. The molecule has 1 aliphatic rings. The van der Waals surface area contributed by atoms with Gasteiger partial charge in [-0.15, -0.1) is 0 Å². The van der Waals surface area contributed by atoms with E-state index in [2.05, 4.69) is 15.9 Å². The SMILES string of the molecule is COC1(CC(N)Cc2cc(F)cc(Br)c2)CCC1. The minimum Gasteiger partial charge on any atom is -0.378 e. The van der Waals surface area contributed by atoms with Crippen molar-refractivity contribution >= 4 is 15.9 Å². The van der Waals surface area contributed by atoms with E-state index in [0.717, 1.165) is 29.3 Å². The number of nitrogens with two attached hydrogens (primary N) is 1. The van der Waals surface area contributed by atoms with Gasteiger partial charge in [0, 0.05) is 17.6 Å². The van der Waals surface area contributed by atoms with Crippen molar-refractivity contribution in [2.75, 3.05) is 7.11 Å². The molecule has 1 aromatic rings. The Morgan fingerprint density at radius 3 is 2.67 bits per heavy atom. The summed E-state index contributed by atoms with van der Waals surface area (Å²) in [6.07, 6.45) is 4.92. The molecule has 1 fully saturated rings. The van der Waals surface area contributed by atoms with Crippen LogP contribution in [-0.2, 0) is 11.2 Å². The number of ether oxygens (including phenoxy) is 1. The Labute approximate surface area is 116 Å². The van der Waals surface area contributed by atoms with Crippen LogP contribution in [-0.4, -0.2) is 18.8 Å². The van der Waals surface area contributed by atoms with E-state index >= 15 is 0 Å². The second-order valence-electron chi connectivity index (χ2n) is 5.19. The zero-order valence-corrected chi connectivity index (χ0v) is 12.2. The molecule has 1 atom stereocenters. The quantitative estimate of drug-likeness (QED) is 0.903. The van der Waals surface area contributed by atoms with Gasteiger partial charge < -0.3 is 10.5 Å². The zero-order chi connectivity index (χ0) is 13.2. The van der Waals surface area contributed by atoms with Crippen LogP contribution in [0.1, 0.15) is 31.2 Å². The van der Waals surface area contributed by atoms with E-state index < -0.39 is 0 Å². The number of halogens is 2. The standard InChI is InChI=1S/C14H19BrFNO/c1-18-14(3-2-4-14)9-13(17)7-10-5-11(15)8-12(16)6-10/h5-6,8,13H,2-4,7,9,17H2,1H3. The van der Waals surface area contributed by atoms with Crippen molar-refractivity contribution in [1.29, 1.82) is 0 Å². The fourth-order valence-corrected chi connectivity index (χ4v) is 3.16. The topological polar surface area (TPSA) is 35.2 Å². The Bertz CT molecular complexity index is 394. The van der Waals surface area contributed by atoms with Gasteiger partial charge in [-0.05, 0) is 55.9 Å². The third kappa shape index (κ3) is 3.31. The molecule has 1 aliphatic carbocycles. The highest BCUT2D eigenvalue weighted by molar-refractivity contribution is 9.10. The minimum atomic E-state index is -0.225. The molecule has 0 heterocycles. The summed E-state index contributed by atoms with van der Waals surface area (Å²) in [6.45, 7) is 0. The first-order valence-corrected chi connectivity index (χ1v) is 7.08. The molecular weight excluding hydrogens is 297 g/mol. The van der Waals surface area contributed by atoms with E-state index in [0.29, 0.717) is 6.42 Å². The molecule has 1 aromatic carbocycles. The van der Waals surface area contributed by atoms with Gasteiger partial charge in [0.05, 0.1) is 5.60 Å². The number of methoxy groups -OCH3 is 1. The van der Waals surface area contributed by atoms with Crippen molar-refractivity contribution in [2.45, 2.75) is 43.7 Å². The molecule has 0 amide bonds. The van der Waals surface area contributed by atoms with Crippen molar-refractivity contribution in [3.8, 4) is 0 Å². The molecule has 0 bridgehead atoms. The fourth-order valence-electron chi connectivity index (χ4n) is 2.64. The molecule has 0 radical (unpaired) electrons. The van der Waals surface area contributed by atoms with Gasteiger partial charge in [0.15, 0.2) is 0 Å².